The number of hydrogen-bond donors (Lipinski definition) is 1. The summed E-state index contributed by atoms with van der Waals surface area (Å²) in [6.07, 6.45) is 13.2. The van der Waals surface area contributed by atoms with Crippen molar-refractivity contribution in [2.75, 3.05) is 13.2 Å². The van der Waals surface area contributed by atoms with Crippen LogP contribution in [0.15, 0.2) is 24.3 Å². The number of hydrogen-bond acceptors (Lipinski definition) is 3. The van der Waals surface area contributed by atoms with Crippen LogP contribution in [0, 0.1) is 5.41 Å². The molecule has 1 heterocycles. The fraction of sp³-hybridized carbons (Fsp3) is 0.739. The second-order valence-corrected chi connectivity index (χ2v) is 8.97. The van der Waals surface area contributed by atoms with Gasteiger partial charge in [-0.25, -0.2) is 0 Å². The topological polar surface area (TPSA) is 38.7 Å². The van der Waals surface area contributed by atoms with E-state index in [4.69, 9.17) is 9.47 Å². The van der Waals surface area contributed by atoms with Gasteiger partial charge < -0.3 is 14.6 Å². The highest BCUT2D eigenvalue weighted by Gasteiger charge is 2.48. The third kappa shape index (κ3) is 3.58. The van der Waals surface area contributed by atoms with Gasteiger partial charge in [0.25, 0.3) is 0 Å². The minimum absolute atomic E-state index is 0.0473. The first-order valence-electron chi connectivity index (χ1n) is 10.7. The van der Waals surface area contributed by atoms with Gasteiger partial charge in [-0.1, -0.05) is 50.5 Å². The predicted molar refractivity (Wildman–Crippen MR) is 103 cm³/mol. The van der Waals surface area contributed by atoms with Crippen LogP contribution in [0.3, 0.4) is 0 Å². The molecule has 0 spiro atoms. The molecule has 1 N–H and O–H groups in total. The van der Waals surface area contributed by atoms with Crippen molar-refractivity contribution in [1.29, 1.82) is 0 Å². The molecule has 2 unspecified atom stereocenters. The molecule has 1 aromatic carbocycles. The number of fused-ring (bicyclic) bond motifs is 3. The zero-order valence-corrected chi connectivity index (χ0v) is 16.2. The van der Waals surface area contributed by atoms with Crippen LogP contribution >= 0.6 is 0 Å². The summed E-state index contributed by atoms with van der Waals surface area (Å²) in [5, 5.41) is 9.40. The molecule has 4 aliphatic rings. The molecule has 1 saturated heterocycles. The molecule has 0 aromatic heterocycles. The summed E-state index contributed by atoms with van der Waals surface area (Å²) in [7, 11) is 0. The Morgan fingerprint density at radius 3 is 2.19 bits per heavy atom. The molecule has 1 aromatic rings. The molecule has 4 fully saturated rings. The van der Waals surface area contributed by atoms with Crippen molar-refractivity contribution >= 4 is 0 Å². The number of benzene rings is 1. The van der Waals surface area contributed by atoms with Crippen molar-refractivity contribution < 1.29 is 14.6 Å². The third-order valence-corrected chi connectivity index (χ3v) is 7.49. The Morgan fingerprint density at radius 1 is 0.923 bits per heavy atom. The highest BCUT2D eigenvalue weighted by Crippen LogP contribution is 2.59. The van der Waals surface area contributed by atoms with Crippen molar-refractivity contribution in [3.63, 3.8) is 0 Å². The van der Waals surface area contributed by atoms with Crippen LogP contribution in [0.4, 0.5) is 0 Å². The lowest BCUT2D eigenvalue weighted by Gasteiger charge is -2.54. The normalized spacial score (nSPS) is 37.0. The monoisotopic (exact) mass is 358 g/mol. The summed E-state index contributed by atoms with van der Waals surface area (Å²) in [5.74, 6) is 0. The molecule has 3 nitrogen and oxygen atoms in total. The van der Waals surface area contributed by atoms with Crippen molar-refractivity contribution in [3.05, 3.63) is 35.4 Å². The van der Waals surface area contributed by atoms with Crippen LogP contribution in [0.25, 0.3) is 0 Å². The summed E-state index contributed by atoms with van der Waals surface area (Å²) < 4.78 is 11.0. The SMILES string of the molecule is CCCCCC12CCC(c3ccc(C4COC(O)CO4)cc3)(CC1)CC2. The van der Waals surface area contributed by atoms with E-state index in [2.05, 4.69) is 31.2 Å². The number of aliphatic hydroxyl groups is 1. The summed E-state index contributed by atoms with van der Waals surface area (Å²) >= 11 is 0. The Morgan fingerprint density at radius 2 is 1.62 bits per heavy atom. The highest BCUT2D eigenvalue weighted by molar-refractivity contribution is 5.32. The first-order chi connectivity index (χ1) is 12.6. The average molecular weight is 359 g/mol. The highest BCUT2D eigenvalue weighted by atomic mass is 16.7. The van der Waals surface area contributed by atoms with Gasteiger partial charge >= 0.3 is 0 Å². The Hall–Kier alpha value is -0.900. The Kier molecular flexibility index (Phi) is 5.41. The summed E-state index contributed by atoms with van der Waals surface area (Å²) in [4.78, 5) is 0. The van der Waals surface area contributed by atoms with Gasteiger partial charge in [-0.15, -0.1) is 0 Å². The molecule has 1 aliphatic heterocycles. The number of aliphatic hydroxyl groups excluding tert-OH is 1. The molecule has 0 amide bonds. The van der Waals surface area contributed by atoms with Gasteiger partial charge in [-0.2, -0.15) is 0 Å². The van der Waals surface area contributed by atoms with Crippen molar-refractivity contribution in [2.24, 2.45) is 5.41 Å². The molecule has 0 radical (unpaired) electrons. The molecule has 26 heavy (non-hydrogen) atoms. The van der Waals surface area contributed by atoms with Gasteiger partial charge in [-0.05, 0) is 66.9 Å². The van der Waals surface area contributed by atoms with Gasteiger partial charge in [0, 0.05) is 0 Å². The van der Waals surface area contributed by atoms with Crippen LogP contribution in [-0.2, 0) is 14.9 Å². The quantitative estimate of drug-likeness (QED) is 0.705. The van der Waals surface area contributed by atoms with E-state index in [1.165, 1.54) is 69.8 Å². The van der Waals surface area contributed by atoms with E-state index in [-0.39, 0.29) is 12.7 Å². The van der Waals surface area contributed by atoms with E-state index >= 15 is 0 Å². The average Bonchev–Trinajstić information content (AvgIpc) is 2.70. The maximum Gasteiger partial charge on any atom is 0.178 e. The standard InChI is InChI=1S/C23H34O3/c1-2-3-4-9-22-10-13-23(14-11-22,15-12-22)19-7-5-18(6-8-19)20-16-26-21(24)17-25-20/h5-8,20-21,24H,2-4,9-17H2,1H3. The van der Waals surface area contributed by atoms with Gasteiger partial charge in [0.2, 0.25) is 0 Å². The predicted octanol–water partition coefficient (Wildman–Crippen LogP) is 5.27. The Labute approximate surface area is 158 Å². The van der Waals surface area contributed by atoms with Crippen LogP contribution < -0.4 is 0 Å². The smallest absolute Gasteiger partial charge is 0.178 e. The molecular weight excluding hydrogens is 324 g/mol. The second kappa shape index (κ2) is 7.61. The van der Waals surface area contributed by atoms with E-state index in [0.717, 1.165) is 5.56 Å². The minimum atomic E-state index is -0.772. The summed E-state index contributed by atoms with van der Waals surface area (Å²) in [6.45, 7) is 3.00. The van der Waals surface area contributed by atoms with Crippen molar-refractivity contribution in [3.8, 4) is 0 Å². The molecule has 3 heteroatoms. The number of rotatable bonds is 6. The van der Waals surface area contributed by atoms with Crippen LogP contribution in [-0.4, -0.2) is 24.6 Å². The van der Waals surface area contributed by atoms with E-state index in [1.54, 1.807) is 0 Å². The fourth-order valence-corrected chi connectivity index (χ4v) is 5.56. The maximum absolute atomic E-state index is 9.40. The Bertz CT molecular complexity index is 561. The molecular formula is C23H34O3. The van der Waals surface area contributed by atoms with Gasteiger partial charge in [0.1, 0.15) is 6.10 Å². The number of unbranched alkanes of at least 4 members (excludes halogenated alkanes) is 2. The first kappa shape index (κ1) is 18.5. The zero-order valence-electron chi connectivity index (χ0n) is 16.2. The van der Waals surface area contributed by atoms with Gasteiger partial charge in [0.15, 0.2) is 6.29 Å². The maximum atomic E-state index is 9.40. The summed E-state index contributed by atoms with van der Waals surface area (Å²) in [5.41, 5.74) is 3.79. The van der Waals surface area contributed by atoms with Gasteiger partial charge in [0.05, 0.1) is 13.2 Å². The first-order valence-corrected chi connectivity index (χ1v) is 10.7. The van der Waals surface area contributed by atoms with Crippen molar-refractivity contribution in [1.82, 2.24) is 0 Å². The largest absolute Gasteiger partial charge is 0.366 e. The van der Waals surface area contributed by atoms with Crippen molar-refractivity contribution in [2.45, 2.75) is 88.9 Å². The fourth-order valence-electron chi connectivity index (χ4n) is 5.56. The molecule has 2 atom stereocenters. The minimum Gasteiger partial charge on any atom is -0.366 e. The van der Waals surface area contributed by atoms with E-state index in [1.807, 2.05) is 0 Å². The van der Waals surface area contributed by atoms with E-state index < -0.39 is 6.29 Å². The second-order valence-electron chi connectivity index (χ2n) is 8.97. The van der Waals surface area contributed by atoms with E-state index in [0.29, 0.717) is 17.4 Å². The van der Waals surface area contributed by atoms with Gasteiger partial charge in [-0.3, -0.25) is 0 Å². The van der Waals surface area contributed by atoms with Crippen LogP contribution in [0.5, 0.6) is 0 Å². The van der Waals surface area contributed by atoms with Crippen LogP contribution in [0.2, 0.25) is 0 Å². The molecule has 144 valence electrons. The zero-order chi connectivity index (χ0) is 18.0. The van der Waals surface area contributed by atoms with E-state index in [9.17, 15) is 5.11 Å². The lowest BCUT2D eigenvalue weighted by atomic mass is 9.51. The molecule has 3 aliphatic carbocycles. The molecule has 2 bridgehead atoms. The summed E-state index contributed by atoms with van der Waals surface area (Å²) in [6, 6.07) is 9.10. The third-order valence-electron chi connectivity index (χ3n) is 7.49. The number of ether oxygens (including phenoxy) is 2. The Balaban J connectivity index is 1.40. The lowest BCUT2D eigenvalue weighted by molar-refractivity contribution is -0.214. The van der Waals surface area contributed by atoms with Crippen LogP contribution in [0.1, 0.15) is 88.4 Å². The molecule has 3 saturated carbocycles. The molecule has 5 rings (SSSR count). The lowest BCUT2D eigenvalue weighted by Crippen LogP contribution is -2.44.